The van der Waals surface area contributed by atoms with Gasteiger partial charge in [0, 0.05) is 13.0 Å². The Balaban J connectivity index is 1.99. The largest absolute Gasteiger partial charge is 0.548 e. The standard InChI is InChI=1S/C19H20N2O4S2/c1-12(10-14-6-4-3-5-7-14)11-15-17(23)21(19(26)27-15)9-8-16(22)20-13(2)18(24)25/h3-7,10-11,13H,8-9H2,1-2H3,(H,20,22)(H,24,25)/p-1/b12-10+,15-11+/t13-/m0/s1. The molecule has 1 aliphatic heterocycles. The van der Waals surface area contributed by atoms with E-state index >= 15 is 0 Å². The van der Waals surface area contributed by atoms with Crippen molar-refractivity contribution in [3.05, 3.63) is 52.4 Å². The molecule has 1 fully saturated rings. The number of nitrogens with zero attached hydrogens (tertiary/aromatic N) is 1. The molecule has 0 spiro atoms. The number of thiocarbonyl (C=S) groups is 1. The van der Waals surface area contributed by atoms with Crippen LogP contribution in [0, 0.1) is 0 Å². The zero-order valence-electron chi connectivity index (χ0n) is 14.9. The van der Waals surface area contributed by atoms with E-state index in [2.05, 4.69) is 5.32 Å². The first-order valence-electron chi connectivity index (χ1n) is 8.27. The fraction of sp³-hybridized carbons (Fsp3) is 0.263. The lowest BCUT2D eigenvalue weighted by atomic mass is 10.1. The second-order valence-corrected chi connectivity index (χ2v) is 7.67. The van der Waals surface area contributed by atoms with Crippen molar-refractivity contribution >= 4 is 52.2 Å². The van der Waals surface area contributed by atoms with Crippen molar-refractivity contribution in [2.45, 2.75) is 26.3 Å². The normalized spacial score (nSPS) is 17.3. The molecule has 1 aliphatic rings. The van der Waals surface area contributed by atoms with Gasteiger partial charge in [-0.3, -0.25) is 14.5 Å². The van der Waals surface area contributed by atoms with Gasteiger partial charge >= 0.3 is 0 Å². The van der Waals surface area contributed by atoms with Crippen LogP contribution in [0.25, 0.3) is 6.08 Å². The number of carboxylic acid groups (broad SMARTS) is 1. The molecular weight excluding hydrogens is 384 g/mol. The molecule has 0 unspecified atom stereocenters. The Morgan fingerprint density at radius 2 is 2.00 bits per heavy atom. The summed E-state index contributed by atoms with van der Waals surface area (Å²) in [5.41, 5.74) is 1.93. The van der Waals surface area contributed by atoms with Crippen molar-refractivity contribution < 1.29 is 19.5 Å². The molecule has 0 aromatic heterocycles. The highest BCUT2D eigenvalue weighted by molar-refractivity contribution is 8.26. The van der Waals surface area contributed by atoms with Crippen molar-refractivity contribution in [3.63, 3.8) is 0 Å². The summed E-state index contributed by atoms with van der Waals surface area (Å²) in [7, 11) is 0. The fourth-order valence-corrected chi connectivity index (χ4v) is 3.70. The minimum atomic E-state index is -1.36. The number of benzene rings is 1. The van der Waals surface area contributed by atoms with Gasteiger partial charge in [-0.1, -0.05) is 60.4 Å². The molecule has 0 bridgehead atoms. The van der Waals surface area contributed by atoms with Crippen molar-refractivity contribution in [3.8, 4) is 0 Å². The molecule has 1 saturated heterocycles. The summed E-state index contributed by atoms with van der Waals surface area (Å²) in [4.78, 5) is 36.8. The first-order chi connectivity index (χ1) is 12.8. The zero-order chi connectivity index (χ0) is 20.0. The monoisotopic (exact) mass is 403 g/mol. The third kappa shape index (κ3) is 6.04. The Morgan fingerprint density at radius 3 is 2.63 bits per heavy atom. The third-order valence-corrected chi connectivity index (χ3v) is 5.10. The van der Waals surface area contributed by atoms with Gasteiger partial charge in [0.15, 0.2) is 0 Å². The molecule has 1 aromatic rings. The van der Waals surface area contributed by atoms with Crippen molar-refractivity contribution in [2.24, 2.45) is 0 Å². The molecule has 6 nitrogen and oxygen atoms in total. The van der Waals surface area contributed by atoms with Crippen LogP contribution in [0.2, 0.25) is 0 Å². The van der Waals surface area contributed by atoms with Gasteiger partial charge in [-0.25, -0.2) is 0 Å². The number of allylic oxidation sites excluding steroid dienone is 2. The number of carboxylic acids is 1. The highest BCUT2D eigenvalue weighted by atomic mass is 32.2. The first kappa shape index (κ1) is 20.9. The molecule has 2 rings (SSSR count). The van der Waals surface area contributed by atoms with E-state index in [4.69, 9.17) is 12.2 Å². The van der Waals surface area contributed by atoms with Crippen LogP contribution < -0.4 is 10.4 Å². The highest BCUT2D eigenvalue weighted by Gasteiger charge is 2.32. The third-order valence-electron chi connectivity index (χ3n) is 3.72. The number of amides is 2. The summed E-state index contributed by atoms with van der Waals surface area (Å²) in [5.74, 6) is -2.10. The average molecular weight is 404 g/mol. The van der Waals surface area contributed by atoms with E-state index in [1.54, 1.807) is 6.08 Å². The van der Waals surface area contributed by atoms with Crippen LogP contribution in [0.15, 0.2) is 46.9 Å². The predicted molar refractivity (Wildman–Crippen MR) is 107 cm³/mol. The number of carbonyl (C=O) groups excluding carboxylic acids is 3. The van der Waals surface area contributed by atoms with E-state index in [9.17, 15) is 19.5 Å². The average Bonchev–Trinajstić information content (AvgIpc) is 2.87. The van der Waals surface area contributed by atoms with Gasteiger partial charge in [-0.05, 0) is 31.1 Å². The molecule has 0 saturated carbocycles. The summed E-state index contributed by atoms with van der Waals surface area (Å²) >= 11 is 6.41. The number of thioether (sulfide) groups is 1. The maximum Gasteiger partial charge on any atom is 0.266 e. The van der Waals surface area contributed by atoms with Crippen LogP contribution in [-0.4, -0.2) is 39.6 Å². The molecule has 2 amide bonds. The van der Waals surface area contributed by atoms with Crippen molar-refractivity contribution in [2.75, 3.05) is 6.54 Å². The molecule has 0 radical (unpaired) electrons. The molecule has 142 valence electrons. The van der Waals surface area contributed by atoms with Gasteiger partial charge in [-0.2, -0.15) is 0 Å². The van der Waals surface area contributed by atoms with E-state index < -0.39 is 17.9 Å². The van der Waals surface area contributed by atoms with Gasteiger partial charge in [0.2, 0.25) is 5.91 Å². The van der Waals surface area contributed by atoms with Crippen LogP contribution in [0.4, 0.5) is 0 Å². The number of rotatable bonds is 7. The molecule has 1 heterocycles. The SMILES string of the molecule is CC(=C\c1ccccc1)/C=C1/SC(=S)N(CCC(=O)N[C@@H](C)C(=O)[O-])C1=O. The number of aliphatic carboxylic acids is 1. The Morgan fingerprint density at radius 1 is 1.33 bits per heavy atom. The number of hydrogen-bond acceptors (Lipinski definition) is 6. The van der Waals surface area contributed by atoms with E-state index in [0.29, 0.717) is 9.23 Å². The lowest BCUT2D eigenvalue weighted by Gasteiger charge is -2.17. The van der Waals surface area contributed by atoms with Gasteiger partial charge in [-0.15, -0.1) is 0 Å². The Bertz CT molecular complexity index is 818. The molecule has 1 aromatic carbocycles. The Hall–Kier alpha value is -2.45. The maximum atomic E-state index is 12.5. The molecule has 8 heteroatoms. The van der Waals surface area contributed by atoms with E-state index in [0.717, 1.165) is 11.1 Å². The number of nitrogens with one attached hydrogen (secondary N) is 1. The lowest BCUT2D eigenvalue weighted by Crippen LogP contribution is -2.46. The zero-order valence-corrected chi connectivity index (χ0v) is 16.6. The second-order valence-electron chi connectivity index (χ2n) is 5.99. The summed E-state index contributed by atoms with van der Waals surface area (Å²) in [6.07, 6.45) is 3.68. The van der Waals surface area contributed by atoms with E-state index in [1.165, 1.54) is 23.6 Å². The molecule has 0 aliphatic carbocycles. The number of hydrogen-bond donors (Lipinski definition) is 1. The van der Waals surface area contributed by atoms with Crippen molar-refractivity contribution in [1.29, 1.82) is 0 Å². The van der Waals surface area contributed by atoms with Crippen LogP contribution in [0.3, 0.4) is 0 Å². The lowest BCUT2D eigenvalue weighted by molar-refractivity contribution is -0.307. The molecule has 1 atom stereocenters. The van der Waals surface area contributed by atoms with Gasteiger partial charge < -0.3 is 15.2 Å². The summed E-state index contributed by atoms with van der Waals surface area (Å²) in [5, 5.41) is 12.9. The van der Waals surface area contributed by atoms with Crippen molar-refractivity contribution in [1.82, 2.24) is 10.2 Å². The fourth-order valence-electron chi connectivity index (χ4n) is 2.34. The smallest absolute Gasteiger partial charge is 0.266 e. The summed E-state index contributed by atoms with van der Waals surface area (Å²) < 4.78 is 0.375. The molecule has 27 heavy (non-hydrogen) atoms. The number of carbonyl (C=O) groups is 3. The van der Waals surface area contributed by atoms with Crippen LogP contribution in [0.1, 0.15) is 25.8 Å². The van der Waals surface area contributed by atoms with Crippen LogP contribution >= 0.6 is 24.0 Å². The maximum absolute atomic E-state index is 12.5. The van der Waals surface area contributed by atoms with Crippen LogP contribution in [-0.2, 0) is 14.4 Å². The second kappa shape index (κ2) is 9.48. The Kier molecular flexibility index (Phi) is 7.32. The summed E-state index contributed by atoms with van der Waals surface area (Å²) in [6.45, 7) is 3.31. The van der Waals surface area contributed by atoms with E-state index in [1.807, 2.05) is 43.3 Å². The van der Waals surface area contributed by atoms with Crippen LogP contribution in [0.5, 0.6) is 0 Å². The minimum Gasteiger partial charge on any atom is -0.548 e. The summed E-state index contributed by atoms with van der Waals surface area (Å²) in [6, 6.07) is 8.65. The highest BCUT2D eigenvalue weighted by Crippen LogP contribution is 2.32. The van der Waals surface area contributed by atoms with Gasteiger partial charge in [0.1, 0.15) is 4.32 Å². The predicted octanol–water partition coefficient (Wildman–Crippen LogP) is 1.48. The molecular formula is C19H19N2O4S2-. The van der Waals surface area contributed by atoms with E-state index in [-0.39, 0.29) is 18.9 Å². The first-order valence-corrected chi connectivity index (χ1v) is 9.49. The minimum absolute atomic E-state index is 0.0455. The Labute approximate surface area is 167 Å². The topological polar surface area (TPSA) is 89.5 Å². The van der Waals surface area contributed by atoms with Gasteiger partial charge in [0.25, 0.3) is 5.91 Å². The quantitative estimate of drug-likeness (QED) is 0.548. The molecule has 1 N–H and O–H groups in total. The van der Waals surface area contributed by atoms with Gasteiger partial charge in [0.05, 0.1) is 16.9 Å².